The highest BCUT2D eigenvalue weighted by molar-refractivity contribution is 5.22. The Morgan fingerprint density at radius 3 is 1.48 bits per heavy atom. The van der Waals surface area contributed by atoms with Crippen LogP contribution in [0.4, 0.5) is 0 Å². The van der Waals surface area contributed by atoms with Crippen LogP contribution >= 0.6 is 0 Å². The number of rotatable bonds is 22. The van der Waals surface area contributed by atoms with Crippen LogP contribution in [0.1, 0.15) is 141 Å². The zero-order valence-electron chi connectivity index (χ0n) is 21.1. The van der Waals surface area contributed by atoms with E-state index in [4.69, 9.17) is 0 Å². The summed E-state index contributed by atoms with van der Waals surface area (Å²) in [5, 5.41) is 3.94. The van der Waals surface area contributed by atoms with Crippen LogP contribution in [0.2, 0.25) is 0 Å². The van der Waals surface area contributed by atoms with E-state index in [-0.39, 0.29) is 6.04 Å². The smallest absolute Gasteiger partial charge is 0.0505 e. The van der Waals surface area contributed by atoms with Crippen LogP contribution in [-0.4, -0.2) is 6.04 Å². The maximum atomic E-state index is 4.12. The molecule has 1 unspecified atom stereocenters. The van der Waals surface area contributed by atoms with Gasteiger partial charge in [0.25, 0.3) is 0 Å². The van der Waals surface area contributed by atoms with Crippen molar-refractivity contribution in [1.29, 1.82) is 0 Å². The zero-order chi connectivity index (χ0) is 22.4. The molecule has 1 aromatic rings. The van der Waals surface area contributed by atoms with Gasteiger partial charge in [0.1, 0.15) is 0 Å². The van der Waals surface area contributed by atoms with Gasteiger partial charge in [0.05, 0.1) is 6.04 Å². The first-order chi connectivity index (χ1) is 15.3. The van der Waals surface area contributed by atoms with Gasteiger partial charge < -0.3 is 5.32 Å². The van der Waals surface area contributed by atoms with E-state index < -0.39 is 0 Å². The number of unbranched alkanes of at least 4 members (excludes halogenated alkanes) is 14. The predicted molar refractivity (Wildman–Crippen MR) is 141 cm³/mol. The maximum absolute atomic E-state index is 4.12. The molecule has 0 aromatic heterocycles. The highest BCUT2D eigenvalue weighted by atomic mass is 14.9. The minimum Gasteiger partial charge on any atom is -0.304 e. The van der Waals surface area contributed by atoms with Crippen molar-refractivity contribution in [3.05, 3.63) is 48.6 Å². The number of hydrogen-bond acceptors (Lipinski definition) is 1. The predicted octanol–water partition coefficient (Wildman–Crippen LogP) is 9.93. The Bertz CT molecular complexity index is 474. The summed E-state index contributed by atoms with van der Waals surface area (Å²) >= 11 is 0. The third kappa shape index (κ3) is 15.4. The lowest BCUT2D eigenvalue weighted by Gasteiger charge is -2.24. The largest absolute Gasteiger partial charge is 0.304 e. The Balaban J connectivity index is 2.35. The molecule has 0 aliphatic heterocycles. The van der Waals surface area contributed by atoms with Gasteiger partial charge in [-0.1, -0.05) is 153 Å². The van der Waals surface area contributed by atoms with E-state index in [2.05, 4.69) is 62.2 Å². The molecule has 0 saturated heterocycles. The van der Waals surface area contributed by atoms with Gasteiger partial charge in [-0.15, -0.1) is 6.58 Å². The summed E-state index contributed by atoms with van der Waals surface area (Å²) in [7, 11) is 0. The SMILES string of the molecule is C=CC(NC(CCCCCCCCCC)CCCCCCCCCC)c1ccccc1. The van der Waals surface area contributed by atoms with E-state index in [1.807, 2.05) is 0 Å². The van der Waals surface area contributed by atoms with Gasteiger partial charge in [-0.25, -0.2) is 0 Å². The van der Waals surface area contributed by atoms with Gasteiger partial charge in [0.2, 0.25) is 0 Å². The molecule has 0 saturated carbocycles. The molecule has 0 aliphatic rings. The Kier molecular flexibility index (Phi) is 18.8. The van der Waals surface area contributed by atoms with E-state index in [9.17, 15) is 0 Å². The summed E-state index contributed by atoms with van der Waals surface area (Å²) < 4.78 is 0. The second kappa shape index (κ2) is 20.8. The normalized spacial score (nSPS) is 12.4. The van der Waals surface area contributed by atoms with Gasteiger partial charge in [0.15, 0.2) is 0 Å². The summed E-state index contributed by atoms with van der Waals surface area (Å²) in [6.07, 6.45) is 27.1. The van der Waals surface area contributed by atoms with Crippen molar-refractivity contribution in [2.45, 2.75) is 142 Å². The van der Waals surface area contributed by atoms with Crippen molar-refractivity contribution in [2.24, 2.45) is 0 Å². The molecular formula is C30H53N. The second-order valence-corrected chi connectivity index (χ2v) is 9.51. The fourth-order valence-corrected chi connectivity index (χ4v) is 4.57. The van der Waals surface area contributed by atoms with Crippen LogP contribution in [-0.2, 0) is 0 Å². The van der Waals surface area contributed by atoms with Gasteiger partial charge in [0, 0.05) is 6.04 Å². The molecule has 0 heterocycles. The fourth-order valence-electron chi connectivity index (χ4n) is 4.57. The lowest BCUT2D eigenvalue weighted by Crippen LogP contribution is -2.32. The van der Waals surface area contributed by atoms with E-state index in [0.29, 0.717) is 6.04 Å². The Morgan fingerprint density at radius 1 is 0.645 bits per heavy atom. The van der Waals surface area contributed by atoms with Crippen molar-refractivity contribution >= 4 is 0 Å². The molecule has 1 atom stereocenters. The molecule has 1 heteroatoms. The quantitative estimate of drug-likeness (QED) is 0.143. The minimum absolute atomic E-state index is 0.272. The number of hydrogen-bond donors (Lipinski definition) is 1. The molecule has 31 heavy (non-hydrogen) atoms. The summed E-state index contributed by atoms with van der Waals surface area (Å²) in [6.45, 7) is 8.71. The van der Waals surface area contributed by atoms with Crippen LogP contribution < -0.4 is 5.32 Å². The molecule has 0 radical (unpaired) electrons. The summed E-state index contributed by atoms with van der Waals surface area (Å²) in [6, 6.07) is 11.7. The number of benzene rings is 1. The summed E-state index contributed by atoms with van der Waals surface area (Å²) in [4.78, 5) is 0. The standard InChI is InChI=1S/C30H53N/c1-4-7-9-11-13-15-17-22-26-29(27-23-18-16-14-12-10-8-5-2)31-30(6-3)28-24-20-19-21-25-28/h6,19-21,24-25,29-31H,3-5,7-18,22-23,26-27H2,1-2H3. The van der Waals surface area contributed by atoms with Crippen LogP contribution in [0.15, 0.2) is 43.0 Å². The molecular weight excluding hydrogens is 374 g/mol. The van der Waals surface area contributed by atoms with Crippen LogP contribution in [0.3, 0.4) is 0 Å². The Labute approximate surface area is 195 Å². The van der Waals surface area contributed by atoms with Gasteiger partial charge in [-0.2, -0.15) is 0 Å². The first-order valence-electron chi connectivity index (χ1n) is 13.7. The first-order valence-corrected chi connectivity index (χ1v) is 13.7. The Morgan fingerprint density at radius 2 is 1.06 bits per heavy atom. The van der Waals surface area contributed by atoms with Gasteiger partial charge in [-0.3, -0.25) is 0 Å². The van der Waals surface area contributed by atoms with Crippen LogP contribution in [0, 0.1) is 0 Å². The molecule has 0 bridgehead atoms. The summed E-state index contributed by atoms with van der Waals surface area (Å²) in [5.74, 6) is 0. The van der Waals surface area contributed by atoms with Gasteiger partial charge >= 0.3 is 0 Å². The van der Waals surface area contributed by atoms with Crippen molar-refractivity contribution in [2.75, 3.05) is 0 Å². The number of nitrogens with one attached hydrogen (secondary N) is 1. The van der Waals surface area contributed by atoms with Crippen LogP contribution in [0.25, 0.3) is 0 Å². The van der Waals surface area contributed by atoms with Crippen molar-refractivity contribution in [3.8, 4) is 0 Å². The monoisotopic (exact) mass is 427 g/mol. The zero-order valence-corrected chi connectivity index (χ0v) is 21.1. The molecule has 1 N–H and O–H groups in total. The third-order valence-corrected chi connectivity index (χ3v) is 6.62. The average molecular weight is 428 g/mol. The lowest BCUT2D eigenvalue weighted by molar-refractivity contribution is 0.392. The van der Waals surface area contributed by atoms with E-state index >= 15 is 0 Å². The topological polar surface area (TPSA) is 12.0 Å². The van der Waals surface area contributed by atoms with E-state index in [0.717, 1.165) is 0 Å². The minimum atomic E-state index is 0.272. The first kappa shape index (κ1) is 28.0. The highest BCUT2D eigenvalue weighted by Crippen LogP contribution is 2.20. The molecule has 0 fully saturated rings. The molecule has 1 rings (SSSR count). The molecule has 1 nitrogen and oxygen atoms in total. The van der Waals surface area contributed by atoms with Crippen molar-refractivity contribution < 1.29 is 0 Å². The molecule has 178 valence electrons. The Hall–Kier alpha value is -1.08. The summed E-state index contributed by atoms with van der Waals surface area (Å²) in [5.41, 5.74) is 1.34. The van der Waals surface area contributed by atoms with Crippen molar-refractivity contribution in [3.63, 3.8) is 0 Å². The maximum Gasteiger partial charge on any atom is 0.0505 e. The van der Waals surface area contributed by atoms with Gasteiger partial charge in [-0.05, 0) is 18.4 Å². The second-order valence-electron chi connectivity index (χ2n) is 9.51. The van der Waals surface area contributed by atoms with E-state index in [1.54, 1.807) is 0 Å². The molecule has 0 aliphatic carbocycles. The average Bonchev–Trinajstić information content (AvgIpc) is 2.80. The molecule has 0 spiro atoms. The third-order valence-electron chi connectivity index (χ3n) is 6.62. The lowest BCUT2D eigenvalue weighted by atomic mass is 9.97. The fraction of sp³-hybridized carbons (Fsp3) is 0.733. The molecule has 0 amide bonds. The van der Waals surface area contributed by atoms with Crippen molar-refractivity contribution in [1.82, 2.24) is 5.32 Å². The van der Waals surface area contributed by atoms with E-state index in [1.165, 1.54) is 121 Å². The molecule has 1 aromatic carbocycles. The van der Waals surface area contributed by atoms with Crippen LogP contribution in [0.5, 0.6) is 0 Å². The highest BCUT2D eigenvalue weighted by Gasteiger charge is 2.14.